The van der Waals surface area contributed by atoms with Crippen molar-refractivity contribution < 1.29 is 4.79 Å². The molecule has 1 amide bonds. The number of carbonyl (C=O) groups is 1. The van der Waals surface area contributed by atoms with Crippen LogP contribution in [0.3, 0.4) is 0 Å². The van der Waals surface area contributed by atoms with Crippen molar-refractivity contribution in [1.29, 1.82) is 0 Å². The summed E-state index contributed by atoms with van der Waals surface area (Å²) in [7, 11) is 0. The number of anilines is 1. The summed E-state index contributed by atoms with van der Waals surface area (Å²) in [6, 6.07) is 5.94. The Morgan fingerprint density at radius 3 is 3.21 bits per heavy atom. The lowest BCUT2D eigenvalue weighted by Crippen LogP contribution is -2.28. The zero-order chi connectivity index (χ0) is 16.6. The van der Waals surface area contributed by atoms with Crippen molar-refractivity contribution in [3.63, 3.8) is 0 Å². The van der Waals surface area contributed by atoms with Gasteiger partial charge in [-0.25, -0.2) is 0 Å². The van der Waals surface area contributed by atoms with Crippen molar-refractivity contribution >= 4 is 11.6 Å². The number of hydrogen-bond donors (Lipinski definition) is 3. The summed E-state index contributed by atoms with van der Waals surface area (Å²) in [6.07, 6.45) is 5.75. The van der Waals surface area contributed by atoms with Crippen molar-refractivity contribution in [2.45, 2.75) is 32.4 Å². The van der Waals surface area contributed by atoms with E-state index in [1.54, 1.807) is 12.4 Å². The summed E-state index contributed by atoms with van der Waals surface area (Å²) >= 11 is 0. The maximum absolute atomic E-state index is 11.9. The van der Waals surface area contributed by atoms with Crippen LogP contribution in [0.2, 0.25) is 0 Å². The molecular weight excluding hydrogens is 304 g/mol. The second-order valence-corrected chi connectivity index (χ2v) is 5.90. The lowest BCUT2D eigenvalue weighted by Gasteiger charge is -2.07. The molecule has 0 bridgehead atoms. The van der Waals surface area contributed by atoms with Crippen LogP contribution < -0.4 is 16.0 Å². The van der Waals surface area contributed by atoms with Crippen LogP contribution in [0.15, 0.2) is 30.6 Å². The molecule has 0 saturated heterocycles. The number of nitrogens with one attached hydrogen (secondary N) is 3. The van der Waals surface area contributed by atoms with Crippen molar-refractivity contribution in [3.8, 4) is 0 Å². The summed E-state index contributed by atoms with van der Waals surface area (Å²) < 4.78 is 2.06. The number of pyridine rings is 1. The van der Waals surface area contributed by atoms with Gasteiger partial charge >= 0.3 is 0 Å². The highest BCUT2D eigenvalue weighted by molar-refractivity contribution is 5.76. The van der Waals surface area contributed by atoms with E-state index in [-0.39, 0.29) is 5.91 Å². The van der Waals surface area contributed by atoms with Gasteiger partial charge < -0.3 is 16.0 Å². The van der Waals surface area contributed by atoms with E-state index in [9.17, 15) is 4.79 Å². The van der Waals surface area contributed by atoms with E-state index in [1.165, 1.54) is 5.69 Å². The van der Waals surface area contributed by atoms with Crippen LogP contribution in [0, 0.1) is 0 Å². The number of rotatable bonds is 7. The molecule has 0 saturated carbocycles. The first kappa shape index (κ1) is 16.4. The van der Waals surface area contributed by atoms with Gasteiger partial charge in [-0.15, -0.1) is 0 Å². The van der Waals surface area contributed by atoms with Gasteiger partial charge in [0, 0.05) is 51.4 Å². The number of aromatic nitrogens is 3. The molecule has 7 heteroatoms. The standard InChI is InChI=1S/C17H24N6O/c24-17(21-9-8-20-15-3-1-6-18-12-15)5-4-14-11-16-13-19-7-2-10-23(16)22-14/h1,3,6,11-12,19-20H,2,4-5,7-10,13H2,(H,21,24). The maximum atomic E-state index is 11.9. The summed E-state index contributed by atoms with van der Waals surface area (Å²) in [4.78, 5) is 16.0. The Morgan fingerprint density at radius 2 is 2.33 bits per heavy atom. The molecular formula is C17H24N6O. The molecule has 0 unspecified atom stereocenters. The first-order valence-corrected chi connectivity index (χ1v) is 8.48. The van der Waals surface area contributed by atoms with E-state index in [2.05, 4.69) is 36.8 Å². The zero-order valence-corrected chi connectivity index (χ0v) is 13.8. The second-order valence-electron chi connectivity index (χ2n) is 5.90. The summed E-state index contributed by atoms with van der Waals surface area (Å²) in [5.41, 5.74) is 3.17. The van der Waals surface area contributed by atoms with E-state index >= 15 is 0 Å². The zero-order valence-electron chi connectivity index (χ0n) is 13.8. The number of nitrogens with zero attached hydrogens (tertiary/aromatic N) is 3. The van der Waals surface area contributed by atoms with Gasteiger partial charge in [0.1, 0.15) is 0 Å². The van der Waals surface area contributed by atoms with Gasteiger partial charge in [-0.3, -0.25) is 14.5 Å². The molecule has 0 spiro atoms. The summed E-state index contributed by atoms with van der Waals surface area (Å²) in [5.74, 6) is 0.0595. The molecule has 1 aliphatic rings. The third-order valence-electron chi connectivity index (χ3n) is 3.99. The molecule has 0 radical (unpaired) electrons. The first-order valence-electron chi connectivity index (χ1n) is 8.48. The molecule has 2 aromatic heterocycles. The van der Waals surface area contributed by atoms with Crippen LogP contribution in [0.1, 0.15) is 24.2 Å². The van der Waals surface area contributed by atoms with Crippen LogP contribution in [0.5, 0.6) is 0 Å². The molecule has 3 N–H and O–H groups in total. The van der Waals surface area contributed by atoms with E-state index in [0.29, 0.717) is 25.9 Å². The fourth-order valence-corrected chi connectivity index (χ4v) is 2.75. The highest BCUT2D eigenvalue weighted by Crippen LogP contribution is 2.10. The lowest BCUT2D eigenvalue weighted by atomic mass is 10.2. The number of aryl methyl sites for hydroxylation is 2. The number of fused-ring (bicyclic) bond motifs is 1. The predicted octanol–water partition coefficient (Wildman–Crippen LogP) is 0.932. The van der Waals surface area contributed by atoms with Crippen LogP contribution in [0.4, 0.5) is 5.69 Å². The van der Waals surface area contributed by atoms with E-state index in [0.717, 1.165) is 37.4 Å². The minimum absolute atomic E-state index is 0.0595. The Kier molecular flexibility index (Phi) is 5.79. The number of hydrogen-bond acceptors (Lipinski definition) is 5. The van der Waals surface area contributed by atoms with Crippen LogP contribution >= 0.6 is 0 Å². The lowest BCUT2D eigenvalue weighted by molar-refractivity contribution is -0.120. The van der Waals surface area contributed by atoms with Gasteiger partial charge in [0.2, 0.25) is 5.91 Å². The minimum atomic E-state index is 0.0595. The molecule has 2 aromatic rings. The highest BCUT2D eigenvalue weighted by atomic mass is 16.1. The van der Waals surface area contributed by atoms with E-state index in [1.807, 2.05) is 12.1 Å². The van der Waals surface area contributed by atoms with Crippen LogP contribution in [0.25, 0.3) is 0 Å². The average molecular weight is 328 g/mol. The maximum Gasteiger partial charge on any atom is 0.220 e. The SMILES string of the molecule is O=C(CCc1cc2n(n1)CCCNC2)NCCNc1cccnc1. The highest BCUT2D eigenvalue weighted by Gasteiger charge is 2.11. The summed E-state index contributed by atoms with van der Waals surface area (Å²) in [6.45, 7) is 4.13. The van der Waals surface area contributed by atoms with Crippen LogP contribution in [-0.2, 0) is 24.3 Å². The van der Waals surface area contributed by atoms with Crippen LogP contribution in [-0.4, -0.2) is 40.3 Å². The fourth-order valence-electron chi connectivity index (χ4n) is 2.75. The quantitative estimate of drug-likeness (QED) is 0.659. The minimum Gasteiger partial charge on any atom is -0.382 e. The van der Waals surface area contributed by atoms with Gasteiger partial charge in [0.15, 0.2) is 0 Å². The van der Waals surface area contributed by atoms with Gasteiger partial charge in [-0.1, -0.05) is 0 Å². The molecule has 3 rings (SSSR count). The Balaban J connectivity index is 1.35. The molecule has 0 fully saturated rings. The molecule has 0 aromatic carbocycles. The number of amides is 1. The smallest absolute Gasteiger partial charge is 0.220 e. The van der Waals surface area contributed by atoms with Gasteiger partial charge in [-0.2, -0.15) is 5.10 Å². The fraction of sp³-hybridized carbons (Fsp3) is 0.471. The van der Waals surface area contributed by atoms with E-state index in [4.69, 9.17) is 0 Å². The summed E-state index contributed by atoms with van der Waals surface area (Å²) in [5, 5.41) is 14.1. The molecule has 0 atom stereocenters. The van der Waals surface area contributed by atoms with Crippen molar-refractivity contribution in [2.24, 2.45) is 0 Å². The van der Waals surface area contributed by atoms with Gasteiger partial charge in [-0.05, 0) is 31.2 Å². The van der Waals surface area contributed by atoms with Crippen molar-refractivity contribution in [2.75, 3.05) is 25.0 Å². The first-order chi connectivity index (χ1) is 11.8. The molecule has 24 heavy (non-hydrogen) atoms. The third-order valence-corrected chi connectivity index (χ3v) is 3.99. The second kappa shape index (κ2) is 8.44. The van der Waals surface area contributed by atoms with Crippen molar-refractivity contribution in [1.82, 2.24) is 25.4 Å². The predicted molar refractivity (Wildman–Crippen MR) is 92.6 cm³/mol. The Hall–Kier alpha value is -2.41. The molecule has 7 nitrogen and oxygen atoms in total. The Labute approximate surface area is 141 Å². The Morgan fingerprint density at radius 1 is 1.38 bits per heavy atom. The van der Waals surface area contributed by atoms with Crippen molar-refractivity contribution in [3.05, 3.63) is 42.0 Å². The molecule has 0 aliphatic carbocycles. The number of carbonyl (C=O) groups excluding carboxylic acids is 1. The molecule has 1 aliphatic heterocycles. The monoisotopic (exact) mass is 328 g/mol. The topological polar surface area (TPSA) is 83.9 Å². The normalized spacial score (nSPS) is 13.8. The van der Waals surface area contributed by atoms with Gasteiger partial charge in [0.05, 0.1) is 17.1 Å². The third kappa shape index (κ3) is 4.79. The molecule has 128 valence electrons. The largest absolute Gasteiger partial charge is 0.382 e. The van der Waals surface area contributed by atoms with Gasteiger partial charge in [0.25, 0.3) is 0 Å². The Bertz CT molecular complexity index is 631. The molecule has 3 heterocycles. The average Bonchev–Trinajstić information content (AvgIpc) is 2.87. The van der Waals surface area contributed by atoms with E-state index < -0.39 is 0 Å².